The van der Waals surface area contributed by atoms with Gasteiger partial charge in [-0.3, -0.25) is 0 Å². The first-order chi connectivity index (χ1) is 16.8. The lowest BCUT2D eigenvalue weighted by molar-refractivity contribution is 0.617. The zero-order valence-corrected chi connectivity index (χ0v) is 25.6. The molecule has 1 rings (SSSR count). The Morgan fingerprint density at radius 2 is 0.853 bits per heavy atom. The van der Waals surface area contributed by atoms with E-state index in [0.717, 1.165) is 0 Å². The van der Waals surface area contributed by atoms with Gasteiger partial charge in [-0.2, -0.15) is 0 Å². The maximum Gasteiger partial charge on any atom is -0.00368 e. The van der Waals surface area contributed by atoms with Crippen LogP contribution in [0.4, 0.5) is 0 Å². The molecule has 0 aliphatic heterocycles. The Balaban J connectivity index is 0.000000999. The second kappa shape index (κ2) is 29.3. The number of unbranched alkanes of at least 4 members (excludes halogenated alkanes) is 15. The van der Waals surface area contributed by atoms with Crippen molar-refractivity contribution in [3.63, 3.8) is 0 Å². The van der Waals surface area contributed by atoms with E-state index in [4.69, 9.17) is 0 Å². The highest BCUT2D eigenvalue weighted by Crippen LogP contribution is 2.39. The summed E-state index contributed by atoms with van der Waals surface area (Å²) in [5.41, 5.74) is 1.43. The van der Waals surface area contributed by atoms with E-state index in [-0.39, 0.29) is 0 Å². The highest BCUT2D eigenvalue weighted by atomic mass is 31.1. The summed E-state index contributed by atoms with van der Waals surface area (Å²) in [7, 11) is 1.81. The molecule has 0 spiro atoms. The molecule has 0 bridgehead atoms. The average Bonchev–Trinajstić information content (AvgIpc) is 2.86. The third kappa shape index (κ3) is 25.2. The molecule has 2 heteroatoms. The van der Waals surface area contributed by atoms with Gasteiger partial charge in [-0.05, 0) is 56.1 Å². The smallest absolute Gasteiger partial charge is 0.00368 e. The van der Waals surface area contributed by atoms with E-state index in [1.54, 1.807) is 18.5 Å². The molecule has 0 aliphatic rings. The minimum absolute atomic E-state index is 0.366. The maximum absolute atomic E-state index is 2.32. The van der Waals surface area contributed by atoms with Gasteiger partial charge in [-0.15, -0.1) is 7.92 Å². The van der Waals surface area contributed by atoms with Crippen LogP contribution >= 0.6 is 16.5 Å². The number of benzene rings is 1. The van der Waals surface area contributed by atoms with Crippen LogP contribution in [0.2, 0.25) is 0 Å². The van der Waals surface area contributed by atoms with Crippen molar-refractivity contribution in [2.45, 2.75) is 143 Å². The van der Waals surface area contributed by atoms with E-state index in [9.17, 15) is 0 Å². The monoisotopic (exact) mass is 507 g/mol. The second-order valence-electron chi connectivity index (χ2n) is 10.1. The summed E-state index contributed by atoms with van der Waals surface area (Å²) in [5.74, 6) is 0. The van der Waals surface area contributed by atoms with Crippen molar-refractivity contribution in [3.05, 3.63) is 35.9 Å². The Hall–Kier alpha value is 0.0800. The largest absolute Gasteiger partial charge is 0.107 e. The van der Waals surface area contributed by atoms with Gasteiger partial charge in [0.05, 0.1) is 0 Å². The van der Waals surface area contributed by atoms with Gasteiger partial charge in [-0.25, -0.2) is 0 Å². The van der Waals surface area contributed by atoms with Crippen LogP contribution in [0.25, 0.3) is 0 Å². The zero-order chi connectivity index (χ0) is 25.0. The molecule has 0 nitrogen and oxygen atoms in total. The summed E-state index contributed by atoms with van der Waals surface area (Å²) < 4.78 is 0. The average molecular weight is 508 g/mol. The molecule has 0 aromatic heterocycles. The van der Waals surface area contributed by atoms with E-state index in [1.807, 2.05) is 0 Å². The van der Waals surface area contributed by atoms with Gasteiger partial charge >= 0.3 is 0 Å². The molecule has 0 fully saturated rings. The van der Waals surface area contributed by atoms with E-state index in [1.165, 1.54) is 136 Å². The highest BCUT2D eigenvalue weighted by molar-refractivity contribution is 7.57. The molecule has 0 N–H and O–H groups in total. The van der Waals surface area contributed by atoms with Gasteiger partial charge in [0.2, 0.25) is 0 Å². The van der Waals surface area contributed by atoms with E-state index in [0.29, 0.717) is 7.92 Å². The number of hydrogen-bond donors (Lipinski definition) is 0. The zero-order valence-electron chi connectivity index (χ0n) is 23.8. The van der Waals surface area contributed by atoms with Gasteiger partial charge in [0.15, 0.2) is 0 Å². The Labute approximate surface area is 219 Å². The van der Waals surface area contributed by atoms with E-state index in [2.05, 4.69) is 57.8 Å². The van der Waals surface area contributed by atoms with Gasteiger partial charge < -0.3 is 0 Å². The summed E-state index contributed by atoms with van der Waals surface area (Å²) in [6, 6.07) is 10.5. The highest BCUT2D eigenvalue weighted by Gasteiger charge is 2.07. The molecule has 0 aliphatic carbocycles. The molecular formula is C32H61P2. The van der Waals surface area contributed by atoms with Crippen molar-refractivity contribution >= 4 is 16.5 Å². The third-order valence-electron chi connectivity index (χ3n) is 6.67. The minimum Gasteiger partial charge on any atom is -0.107 e. The molecule has 34 heavy (non-hydrogen) atoms. The number of rotatable bonds is 23. The molecule has 1 aromatic rings. The van der Waals surface area contributed by atoms with Crippen LogP contribution in [0, 0.1) is 0 Å². The van der Waals surface area contributed by atoms with E-state index < -0.39 is 0 Å². The summed E-state index contributed by atoms with van der Waals surface area (Å²) in [6.45, 7) is 9.13. The first-order valence-electron chi connectivity index (χ1n) is 15.1. The minimum atomic E-state index is 0.366. The van der Waals surface area contributed by atoms with Crippen LogP contribution in [0.1, 0.15) is 142 Å². The lowest BCUT2D eigenvalue weighted by atomic mass is 10.1. The fourth-order valence-corrected chi connectivity index (χ4v) is 7.71. The first kappa shape index (κ1) is 34.1. The van der Waals surface area contributed by atoms with Crippen LogP contribution in [-0.2, 0) is 6.16 Å². The molecule has 0 heterocycles. The molecule has 199 valence electrons. The Kier molecular flexibility index (Phi) is 29.4. The molecule has 0 saturated heterocycles. The van der Waals surface area contributed by atoms with Crippen LogP contribution in [0.15, 0.2) is 30.3 Å². The fraction of sp³-hybridized carbons (Fsp3) is 0.812. The van der Waals surface area contributed by atoms with Crippen molar-refractivity contribution in [2.24, 2.45) is 0 Å². The summed E-state index contributed by atoms with van der Waals surface area (Å²) in [6.07, 6.45) is 32.4. The van der Waals surface area contributed by atoms with Crippen LogP contribution in [-0.4, -0.2) is 25.2 Å². The van der Waals surface area contributed by atoms with Gasteiger partial charge in [0.1, 0.15) is 0 Å². The van der Waals surface area contributed by atoms with Crippen molar-refractivity contribution in [2.75, 3.05) is 25.2 Å². The third-order valence-corrected chi connectivity index (χ3v) is 10.2. The maximum atomic E-state index is 2.32. The van der Waals surface area contributed by atoms with Gasteiger partial charge in [-0.1, -0.05) is 156 Å². The van der Waals surface area contributed by atoms with Crippen LogP contribution in [0.3, 0.4) is 0 Å². The van der Waals surface area contributed by atoms with Crippen molar-refractivity contribution in [1.29, 1.82) is 0 Å². The second-order valence-corrected chi connectivity index (χ2v) is 13.7. The van der Waals surface area contributed by atoms with Crippen molar-refractivity contribution in [3.8, 4) is 0 Å². The summed E-state index contributed by atoms with van der Waals surface area (Å²) in [4.78, 5) is 0. The topological polar surface area (TPSA) is 0 Å². The molecule has 0 amide bonds. The normalized spacial score (nSPS) is 11.3. The molecule has 0 atom stereocenters. The summed E-state index contributed by atoms with van der Waals surface area (Å²) >= 11 is 0. The predicted molar refractivity (Wildman–Crippen MR) is 165 cm³/mol. The quantitative estimate of drug-likeness (QED) is 0.102. The molecular weight excluding hydrogens is 446 g/mol. The number of hydrogen-bond acceptors (Lipinski definition) is 0. The summed E-state index contributed by atoms with van der Waals surface area (Å²) in [5, 5.41) is 0. The van der Waals surface area contributed by atoms with E-state index >= 15 is 0 Å². The molecule has 0 unspecified atom stereocenters. The Morgan fingerprint density at radius 1 is 0.500 bits per heavy atom. The first-order valence-corrected chi connectivity index (χ1v) is 18.5. The predicted octanol–water partition coefficient (Wildman–Crippen LogP) is 12.3. The molecule has 1 aromatic carbocycles. The molecule has 0 saturated carbocycles. The van der Waals surface area contributed by atoms with Gasteiger partial charge in [0.25, 0.3) is 0 Å². The van der Waals surface area contributed by atoms with Gasteiger partial charge in [0, 0.05) is 0 Å². The van der Waals surface area contributed by atoms with Crippen LogP contribution < -0.4 is 0 Å². The Bertz CT molecular complexity index is 435. The SMILES string of the molecule is CCCCCCCCP(CCCCCCCC)CCCCCCCC.C[P]Cc1ccccc1. The van der Waals surface area contributed by atoms with Crippen LogP contribution in [0.5, 0.6) is 0 Å². The van der Waals surface area contributed by atoms with Crippen molar-refractivity contribution in [1.82, 2.24) is 0 Å². The lowest BCUT2D eigenvalue weighted by Gasteiger charge is -2.18. The lowest BCUT2D eigenvalue weighted by Crippen LogP contribution is -1.97. The fourth-order valence-electron chi connectivity index (χ4n) is 4.45. The Morgan fingerprint density at radius 3 is 1.21 bits per heavy atom. The van der Waals surface area contributed by atoms with Crippen molar-refractivity contribution < 1.29 is 0 Å². The standard InChI is InChI=1S/C24H51P.C8H10P/c1-4-7-10-13-16-19-22-25(23-20-17-14-11-8-5-2)24-21-18-15-12-9-6-3;1-9-7-8-5-3-2-4-6-8/h4-24H2,1-3H3;2-6H,7H2,1H3. The molecule has 1 radical (unpaired) electrons.